The number of benzene rings is 1. The molecule has 3 nitrogen and oxygen atoms in total. The van der Waals surface area contributed by atoms with Gasteiger partial charge < -0.3 is 10.4 Å². The van der Waals surface area contributed by atoms with Gasteiger partial charge in [-0.2, -0.15) is 0 Å². The van der Waals surface area contributed by atoms with E-state index in [2.05, 4.69) is 29.6 Å². The molecule has 18 heavy (non-hydrogen) atoms. The van der Waals surface area contributed by atoms with E-state index in [1.54, 1.807) is 0 Å². The van der Waals surface area contributed by atoms with E-state index in [1.165, 1.54) is 5.56 Å². The molecule has 1 aliphatic carbocycles. The average molecular weight is 247 g/mol. The summed E-state index contributed by atoms with van der Waals surface area (Å²) >= 11 is 0. The smallest absolute Gasteiger partial charge is 0.320 e. The Morgan fingerprint density at radius 2 is 2.06 bits per heavy atom. The molecule has 1 fully saturated rings. The van der Waals surface area contributed by atoms with Crippen LogP contribution in [0.5, 0.6) is 0 Å². The molecule has 0 radical (unpaired) electrons. The van der Waals surface area contributed by atoms with E-state index in [0.29, 0.717) is 18.4 Å². The van der Waals surface area contributed by atoms with Crippen molar-refractivity contribution in [2.75, 3.05) is 0 Å². The highest BCUT2D eigenvalue weighted by atomic mass is 16.4. The molecule has 3 heteroatoms. The lowest BCUT2D eigenvalue weighted by atomic mass is 9.75. The summed E-state index contributed by atoms with van der Waals surface area (Å²) in [5, 5.41) is 12.3. The van der Waals surface area contributed by atoms with Crippen LogP contribution < -0.4 is 5.32 Å². The van der Waals surface area contributed by atoms with E-state index in [0.717, 1.165) is 19.3 Å². The van der Waals surface area contributed by atoms with Crippen molar-refractivity contribution in [2.24, 2.45) is 0 Å². The third kappa shape index (κ3) is 3.10. The minimum Gasteiger partial charge on any atom is -0.480 e. The Hall–Kier alpha value is -1.35. The van der Waals surface area contributed by atoms with Crippen LogP contribution in [0.2, 0.25) is 0 Å². The van der Waals surface area contributed by atoms with Gasteiger partial charge in [0.05, 0.1) is 0 Å². The van der Waals surface area contributed by atoms with Gasteiger partial charge in [-0.05, 0) is 30.7 Å². The Balaban J connectivity index is 1.80. The minimum absolute atomic E-state index is 0.364. The first-order valence-corrected chi connectivity index (χ1v) is 6.74. The van der Waals surface area contributed by atoms with Crippen LogP contribution >= 0.6 is 0 Å². The van der Waals surface area contributed by atoms with Crippen molar-refractivity contribution in [1.82, 2.24) is 5.32 Å². The molecule has 0 amide bonds. The molecule has 1 aromatic rings. The Kier molecular flexibility index (Phi) is 4.37. The van der Waals surface area contributed by atoms with E-state index in [4.69, 9.17) is 5.11 Å². The summed E-state index contributed by atoms with van der Waals surface area (Å²) in [7, 11) is 0. The van der Waals surface area contributed by atoms with E-state index in [9.17, 15) is 4.79 Å². The molecule has 1 atom stereocenters. The second-order valence-electron chi connectivity index (χ2n) is 5.12. The quantitative estimate of drug-likeness (QED) is 0.812. The highest BCUT2D eigenvalue weighted by Crippen LogP contribution is 2.36. The van der Waals surface area contributed by atoms with Crippen molar-refractivity contribution < 1.29 is 9.90 Å². The molecule has 98 valence electrons. The van der Waals surface area contributed by atoms with Crippen molar-refractivity contribution in [3.05, 3.63) is 35.9 Å². The zero-order valence-electron chi connectivity index (χ0n) is 10.8. The molecular formula is C15H21NO2. The Morgan fingerprint density at radius 3 is 2.61 bits per heavy atom. The highest BCUT2D eigenvalue weighted by Gasteiger charge is 2.32. The topological polar surface area (TPSA) is 49.3 Å². The number of aliphatic carboxylic acids is 1. The average Bonchev–Trinajstić information content (AvgIpc) is 2.32. The zero-order chi connectivity index (χ0) is 13.0. The third-order valence-electron chi connectivity index (χ3n) is 3.72. The third-order valence-corrected chi connectivity index (χ3v) is 3.72. The molecule has 0 unspecified atom stereocenters. The molecule has 1 aliphatic rings. The largest absolute Gasteiger partial charge is 0.480 e. The fourth-order valence-electron chi connectivity index (χ4n) is 2.60. The van der Waals surface area contributed by atoms with E-state index in [1.807, 2.05) is 13.0 Å². The fourth-order valence-corrected chi connectivity index (χ4v) is 2.60. The minimum atomic E-state index is -0.722. The summed E-state index contributed by atoms with van der Waals surface area (Å²) in [4.78, 5) is 11.1. The molecule has 0 spiro atoms. The molecular weight excluding hydrogens is 226 g/mol. The van der Waals surface area contributed by atoms with Crippen LogP contribution in [0, 0.1) is 0 Å². The monoisotopic (exact) mass is 247 g/mol. The molecule has 0 aliphatic heterocycles. The van der Waals surface area contributed by atoms with Gasteiger partial charge in [-0.1, -0.05) is 43.7 Å². The summed E-state index contributed by atoms with van der Waals surface area (Å²) < 4.78 is 0. The Labute approximate surface area is 108 Å². The molecule has 0 aromatic heterocycles. The lowest BCUT2D eigenvalue weighted by Crippen LogP contribution is -2.48. The van der Waals surface area contributed by atoms with Gasteiger partial charge in [-0.25, -0.2) is 0 Å². The van der Waals surface area contributed by atoms with Crippen molar-refractivity contribution in [3.63, 3.8) is 0 Å². The summed E-state index contributed by atoms with van der Waals surface area (Å²) in [5.74, 6) is -0.125. The number of rotatable bonds is 6. The maximum atomic E-state index is 11.1. The maximum absolute atomic E-state index is 11.1. The predicted molar refractivity (Wildman–Crippen MR) is 71.7 cm³/mol. The molecule has 0 bridgehead atoms. The molecule has 1 saturated carbocycles. The van der Waals surface area contributed by atoms with E-state index < -0.39 is 5.97 Å². The van der Waals surface area contributed by atoms with E-state index >= 15 is 0 Å². The number of carbonyl (C=O) groups is 1. The van der Waals surface area contributed by atoms with Crippen LogP contribution in [0.1, 0.15) is 44.1 Å². The van der Waals surface area contributed by atoms with Crippen molar-refractivity contribution in [2.45, 2.75) is 50.6 Å². The molecule has 1 aromatic carbocycles. The standard InChI is InChI=1S/C15H21NO2/c1-2-6-14(15(17)18)16-13-9-12(10-13)11-7-4-3-5-8-11/h3-5,7-8,12-14,16H,2,6,9-10H2,1H3,(H,17,18)/t12?,13?,14-/m0/s1. The second kappa shape index (κ2) is 6.01. The molecule has 2 rings (SSSR count). The predicted octanol–water partition coefficient (Wildman–Crippen LogP) is 2.78. The number of carboxylic acid groups (broad SMARTS) is 1. The van der Waals surface area contributed by atoms with Crippen LogP contribution in [-0.4, -0.2) is 23.2 Å². The van der Waals surface area contributed by atoms with Crippen LogP contribution in [0.15, 0.2) is 30.3 Å². The van der Waals surface area contributed by atoms with Crippen LogP contribution in [0.4, 0.5) is 0 Å². The fraction of sp³-hybridized carbons (Fsp3) is 0.533. The summed E-state index contributed by atoms with van der Waals surface area (Å²) in [5.41, 5.74) is 1.37. The molecule has 2 N–H and O–H groups in total. The molecule has 0 saturated heterocycles. The number of hydrogen-bond acceptors (Lipinski definition) is 2. The second-order valence-corrected chi connectivity index (χ2v) is 5.12. The van der Waals surface area contributed by atoms with Crippen LogP contribution in [0.25, 0.3) is 0 Å². The van der Waals surface area contributed by atoms with E-state index in [-0.39, 0.29) is 6.04 Å². The molecule has 0 heterocycles. The zero-order valence-corrected chi connectivity index (χ0v) is 10.8. The maximum Gasteiger partial charge on any atom is 0.320 e. The number of hydrogen-bond donors (Lipinski definition) is 2. The Morgan fingerprint density at radius 1 is 1.39 bits per heavy atom. The lowest BCUT2D eigenvalue weighted by Gasteiger charge is -2.38. The van der Waals surface area contributed by atoms with Crippen molar-refractivity contribution in [1.29, 1.82) is 0 Å². The number of carboxylic acids is 1. The van der Waals surface area contributed by atoms with Crippen LogP contribution in [0.3, 0.4) is 0 Å². The summed E-state index contributed by atoms with van der Waals surface area (Å²) in [6, 6.07) is 10.4. The van der Waals surface area contributed by atoms with Gasteiger partial charge in [0, 0.05) is 6.04 Å². The Bertz CT molecular complexity index is 385. The first-order chi connectivity index (χ1) is 8.70. The van der Waals surface area contributed by atoms with Gasteiger partial charge >= 0.3 is 5.97 Å². The van der Waals surface area contributed by atoms with Gasteiger partial charge in [0.2, 0.25) is 0 Å². The summed E-state index contributed by atoms with van der Waals surface area (Å²) in [6.45, 7) is 2.02. The van der Waals surface area contributed by atoms with Gasteiger partial charge in [-0.15, -0.1) is 0 Å². The van der Waals surface area contributed by atoms with Gasteiger partial charge in [0.25, 0.3) is 0 Å². The summed E-state index contributed by atoms with van der Waals surface area (Å²) in [6.07, 6.45) is 3.72. The van der Waals surface area contributed by atoms with Gasteiger partial charge in [-0.3, -0.25) is 4.79 Å². The highest BCUT2D eigenvalue weighted by molar-refractivity contribution is 5.73. The number of nitrogens with one attached hydrogen (secondary N) is 1. The SMILES string of the molecule is CCC[C@H](NC1CC(c2ccccc2)C1)C(=O)O. The first-order valence-electron chi connectivity index (χ1n) is 6.74. The van der Waals surface area contributed by atoms with Gasteiger partial charge in [0.1, 0.15) is 6.04 Å². The van der Waals surface area contributed by atoms with Crippen molar-refractivity contribution >= 4 is 5.97 Å². The lowest BCUT2D eigenvalue weighted by molar-refractivity contribution is -0.140. The van der Waals surface area contributed by atoms with Gasteiger partial charge in [0.15, 0.2) is 0 Å². The first kappa shape index (κ1) is 13.1. The normalized spacial score (nSPS) is 24.3. The van der Waals surface area contributed by atoms with Crippen molar-refractivity contribution in [3.8, 4) is 0 Å². The van der Waals surface area contributed by atoms with Crippen LogP contribution in [-0.2, 0) is 4.79 Å².